The number of amides is 1. The van der Waals surface area contributed by atoms with Crippen LogP contribution in [0.2, 0.25) is 0 Å². The summed E-state index contributed by atoms with van der Waals surface area (Å²) in [6, 6.07) is 8.11. The highest BCUT2D eigenvalue weighted by Gasteiger charge is 2.20. The lowest BCUT2D eigenvalue weighted by Crippen LogP contribution is -2.36. The molecule has 3 rings (SSSR count). The van der Waals surface area contributed by atoms with Crippen LogP contribution >= 0.6 is 0 Å². The van der Waals surface area contributed by atoms with E-state index in [0.717, 1.165) is 23.7 Å². The maximum atomic E-state index is 12.0. The number of carbonyl (C=O) groups excluding carboxylic acids is 1. The predicted octanol–water partition coefficient (Wildman–Crippen LogP) is 2.05. The molecule has 0 spiro atoms. The van der Waals surface area contributed by atoms with Crippen molar-refractivity contribution in [2.75, 3.05) is 13.1 Å². The molecule has 2 N–H and O–H groups in total. The third kappa shape index (κ3) is 3.95. The van der Waals surface area contributed by atoms with Crippen molar-refractivity contribution >= 4 is 5.91 Å². The molecule has 1 aliphatic rings. The van der Waals surface area contributed by atoms with E-state index in [-0.39, 0.29) is 11.9 Å². The molecule has 1 aliphatic carbocycles. The van der Waals surface area contributed by atoms with E-state index in [1.54, 1.807) is 12.5 Å². The lowest BCUT2D eigenvalue weighted by molar-refractivity contribution is -0.120. The Morgan fingerprint density at radius 3 is 3.05 bits per heavy atom. The van der Waals surface area contributed by atoms with E-state index in [9.17, 15) is 4.79 Å². The van der Waals surface area contributed by atoms with E-state index < -0.39 is 0 Å². The number of hydrogen-bond donors (Lipinski definition) is 2. The summed E-state index contributed by atoms with van der Waals surface area (Å²) in [6.07, 6.45) is 8.02. The second kappa shape index (κ2) is 6.75. The quantitative estimate of drug-likeness (QED) is 0.822. The first-order valence-electron chi connectivity index (χ1n) is 7.81. The highest BCUT2D eigenvalue weighted by Crippen LogP contribution is 2.27. The second-order valence-electron chi connectivity index (χ2n) is 5.93. The molecule has 116 valence electrons. The van der Waals surface area contributed by atoms with Gasteiger partial charge in [0.15, 0.2) is 0 Å². The van der Waals surface area contributed by atoms with Crippen molar-refractivity contribution in [2.24, 2.45) is 5.92 Å². The molecule has 1 aromatic carbocycles. The predicted molar refractivity (Wildman–Crippen MR) is 85.7 cm³/mol. The Kier molecular flexibility index (Phi) is 4.53. The van der Waals surface area contributed by atoms with E-state index in [4.69, 9.17) is 0 Å². The first kappa shape index (κ1) is 14.8. The molecule has 0 saturated heterocycles. The number of imidazole rings is 1. The van der Waals surface area contributed by atoms with Gasteiger partial charge in [0.05, 0.1) is 18.9 Å². The first-order chi connectivity index (χ1) is 10.7. The summed E-state index contributed by atoms with van der Waals surface area (Å²) in [6.45, 7) is 3.35. The van der Waals surface area contributed by atoms with Crippen LogP contribution in [0.4, 0.5) is 0 Å². The minimum atomic E-state index is -0.0151. The molecule has 1 unspecified atom stereocenters. The first-order valence-corrected chi connectivity index (χ1v) is 7.81. The summed E-state index contributed by atoms with van der Waals surface area (Å²) in [5.41, 5.74) is 2.13. The minimum absolute atomic E-state index is 0.0151. The van der Waals surface area contributed by atoms with Crippen LogP contribution in [0.5, 0.6) is 0 Å². The van der Waals surface area contributed by atoms with Gasteiger partial charge < -0.3 is 15.2 Å². The van der Waals surface area contributed by atoms with Crippen LogP contribution < -0.4 is 10.6 Å². The molecule has 1 saturated carbocycles. The van der Waals surface area contributed by atoms with Crippen molar-refractivity contribution < 1.29 is 4.79 Å². The number of benzene rings is 1. The van der Waals surface area contributed by atoms with Gasteiger partial charge in [0.1, 0.15) is 0 Å². The van der Waals surface area contributed by atoms with E-state index in [2.05, 4.69) is 21.7 Å². The largest absolute Gasteiger partial charge is 0.348 e. The molecule has 1 amide bonds. The van der Waals surface area contributed by atoms with Gasteiger partial charge in [-0.25, -0.2) is 4.98 Å². The van der Waals surface area contributed by atoms with Crippen molar-refractivity contribution in [3.8, 4) is 5.69 Å². The van der Waals surface area contributed by atoms with Gasteiger partial charge in [0.25, 0.3) is 0 Å². The van der Waals surface area contributed by atoms with Crippen molar-refractivity contribution in [3.05, 3.63) is 48.5 Å². The Bertz CT molecular complexity index is 619. The topological polar surface area (TPSA) is 59.0 Å². The average molecular weight is 298 g/mol. The number of nitrogens with zero attached hydrogens (tertiary/aromatic N) is 2. The van der Waals surface area contributed by atoms with Crippen LogP contribution in [-0.4, -0.2) is 28.5 Å². The molecule has 5 nitrogen and oxygen atoms in total. The van der Waals surface area contributed by atoms with Crippen LogP contribution in [0.3, 0.4) is 0 Å². The fourth-order valence-electron chi connectivity index (χ4n) is 2.45. The van der Waals surface area contributed by atoms with Gasteiger partial charge in [-0.3, -0.25) is 4.79 Å². The van der Waals surface area contributed by atoms with E-state index in [1.165, 1.54) is 12.8 Å². The molecule has 0 radical (unpaired) electrons. The summed E-state index contributed by atoms with van der Waals surface area (Å²) in [7, 11) is 0. The Labute approximate surface area is 130 Å². The number of rotatable bonds is 7. The van der Waals surface area contributed by atoms with Crippen LogP contribution in [0, 0.1) is 5.92 Å². The molecule has 1 atom stereocenters. The van der Waals surface area contributed by atoms with Gasteiger partial charge in [0, 0.05) is 18.1 Å². The van der Waals surface area contributed by atoms with Crippen molar-refractivity contribution in [1.29, 1.82) is 0 Å². The van der Waals surface area contributed by atoms with Crippen molar-refractivity contribution in [1.82, 2.24) is 20.2 Å². The maximum absolute atomic E-state index is 12.0. The van der Waals surface area contributed by atoms with Gasteiger partial charge in [-0.05, 0) is 49.9 Å². The van der Waals surface area contributed by atoms with Crippen molar-refractivity contribution in [2.45, 2.75) is 25.8 Å². The molecule has 1 fully saturated rings. The SMILES string of the molecule is CC(NC(=O)CNCC1CC1)c1cccc(-n2ccnc2)c1. The Morgan fingerprint density at radius 1 is 1.45 bits per heavy atom. The molecular weight excluding hydrogens is 276 g/mol. The third-order valence-corrected chi connectivity index (χ3v) is 3.97. The normalized spacial score (nSPS) is 15.5. The zero-order chi connectivity index (χ0) is 15.4. The van der Waals surface area contributed by atoms with Crippen LogP contribution in [0.15, 0.2) is 43.0 Å². The van der Waals surface area contributed by atoms with Gasteiger partial charge in [-0.2, -0.15) is 0 Å². The fourth-order valence-corrected chi connectivity index (χ4v) is 2.45. The highest BCUT2D eigenvalue weighted by atomic mass is 16.1. The molecule has 1 aromatic heterocycles. The summed E-state index contributed by atoms with van der Waals surface area (Å²) in [4.78, 5) is 16.0. The molecule has 0 aliphatic heterocycles. The smallest absolute Gasteiger partial charge is 0.234 e. The van der Waals surface area contributed by atoms with Gasteiger partial charge in [-0.1, -0.05) is 12.1 Å². The summed E-state index contributed by atoms with van der Waals surface area (Å²) >= 11 is 0. The Morgan fingerprint density at radius 2 is 2.32 bits per heavy atom. The number of nitrogens with one attached hydrogen (secondary N) is 2. The van der Waals surface area contributed by atoms with Crippen LogP contribution in [0.1, 0.15) is 31.4 Å². The maximum Gasteiger partial charge on any atom is 0.234 e. The summed E-state index contributed by atoms with van der Waals surface area (Å²) in [5, 5.41) is 6.25. The summed E-state index contributed by atoms with van der Waals surface area (Å²) in [5.74, 6) is 0.832. The Balaban J connectivity index is 1.55. The zero-order valence-electron chi connectivity index (χ0n) is 12.8. The standard InChI is InChI=1S/C17H22N4O/c1-13(20-17(22)11-19-10-14-5-6-14)15-3-2-4-16(9-15)21-8-7-18-12-21/h2-4,7-9,12-14,19H,5-6,10-11H2,1H3,(H,20,22). The van der Waals surface area contributed by atoms with E-state index in [1.807, 2.05) is 35.9 Å². The fraction of sp³-hybridized carbons (Fsp3) is 0.412. The minimum Gasteiger partial charge on any atom is -0.348 e. The molecular formula is C17H22N4O. The number of hydrogen-bond acceptors (Lipinski definition) is 3. The lowest BCUT2D eigenvalue weighted by Gasteiger charge is -2.16. The molecule has 22 heavy (non-hydrogen) atoms. The highest BCUT2D eigenvalue weighted by molar-refractivity contribution is 5.78. The third-order valence-electron chi connectivity index (χ3n) is 3.97. The Hall–Kier alpha value is -2.14. The second-order valence-corrected chi connectivity index (χ2v) is 5.93. The van der Waals surface area contributed by atoms with Crippen molar-refractivity contribution in [3.63, 3.8) is 0 Å². The number of carbonyl (C=O) groups is 1. The molecule has 2 aromatic rings. The monoisotopic (exact) mass is 298 g/mol. The molecule has 5 heteroatoms. The molecule has 0 bridgehead atoms. The van der Waals surface area contributed by atoms with Gasteiger partial charge in [0.2, 0.25) is 5.91 Å². The lowest BCUT2D eigenvalue weighted by atomic mass is 10.1. The zero-order valence-corrected chi connectivity index (χ0v) is 12.8. The average Bonchev–Trinajstić information content (AvgIpc) is 3.17. The van der Waals surface area contributed by atoms with Gasteiger partial charge >= 0.3 is 0 Å². The van der Waals surface area contributed by atoms with Crippen LogP contribution in [0.25, 0.3) is 5.69 Å². The summed E-state index contributed by atoms with van der Waals surface area (Å²) < 4.78 is 1.95. The van der Waals surface area contributed by atoms with Crippen LogP contribution in [-0.2, 0) is 4.79 Å². The van der Waals surface area contributed by atoms with Gasteiger partial charge in [-0.15, -0.1) is 0 Å². The number of aromatic nitrogens is 2. The van der Waals surface area contributed by atoms with E-state index in [0.29, 0.717) is 6.54 Å². The van der Waals surface area contributed by atoms with E-state index >= 15 is 0 Å². The molecule has 1 heterocycles.